The number of hydrogen-bond donors (Lipinski definition) is 5. The molecule has 0 bridgehead atoms. The van der Waals surface area contributed by atoms with Crippen molar-refractivity contribution in [2.24, 2.45) is 0 Å². The molecule has 8 heteroatoms. The molecule has 2 rings (SSSR count). The molecule has 0 aromatic heterocycles. The molecule has 0 radical (unpaired) electrons. The fourth-order valence-electron chi connectivity index (χ4n) is 1.98. The molecule has 0 aromatic carbocycles. The van der Waals surface area contributed by atoms with Crippen LogP contribution in [0.4, 0.5) is 0 Å². The van der Waals surface area contributed by atoms with Gasteiger partial charge in [0.05, 0.1) is 12.7 Å². The fraction of sp³-hybridized carbons (Fsp3) is 0.900. The van der Waals surface area contributed by atoms with E-state index in [9.17, 15) is 25.2 Å². The van der Waals surface area contributed by atoms with Crippen molar-refractivity contribution >= 4 is 5.91 Å². The third-order valence-electron chi connectivity index (χ3n) is 3.11. The highest BCUT2D eigenvalue weighted by Gasteiger charge is 2.41. The van der Waals surface area contributed by atoms with Crippen LogP contribution in [0, 0.1) is 0 Å². The first-order valence-electron chi connectivity index (χ1n) is 5.77. The molecule has 0 aromatic rings. The maximum absolute atomic E-state index is 11.2. The Hall–Kier alpha value is -0.770. The number of aliphatic hydroxyl groups is 4. The highest BCUT2D eigenvalue weighted by atomic mass is 16.7. The second-order valence-corrected chi connectivity index (χ2v) is 4.45. The van der Waals surface area contributed by atoms with E-state index >= 15 is 0 Å². The van der Waals surface area contributed by atoms with Crippen molar-refractivity contribution in [2.75, 3.05) is 13.2 Å². The number of aliphatic hydroxyl groups excluding tert-OH is 4. The number of carbonyl (C=O) groups is 1. The fourth-order valence-corrected chi connectivity index (χ4v) is 1.98. The SMILES string of the molecule is O=C1NCC[C@@H](O[C@@H]2OC[C@@H](O)[C@H](O)C2O)[C@@H]1O. The Morgan fingerprint density at radius 2 is 1.94 bits per heavy atom. The van der Waals surface area contributed by atoms with Gasteiger partial charge in [0.2, 0.25) is 0 Å². The molecule has 2 fully saturated rings. The molecule has 0 aliphatic carbocycles. The summed E-state index contributed by atoms with van der Waals surface area (Å²) >= 11 is 0. The van der Waals surface area contributed by atoms with Gasteiger partial charge in [-0.2, -0.15) is 0 Å². The van der Waals surface area contributed by atoms with Crippen LogP contribution in [-0.4, -0.2) is 76.3 Å². The average molecular weight is 263 g/mol. The summed E-state index contributed by atoms with van der Waals surface area (Å²) in [6.07, 6.45) is -6.92. The normalized spacial score (nSPS) is 45.7. The molecule has 2 aliphatic rings. The molecule has 1 amide bonds. The zero-order chi connectivity index (χ0) is 13.3. The Morgan fingerprint density at radius 1 is 1.22 bits per heavy atom. The summed E-state index contributed by atoms with van der Waals surface area (Å²) in [5.74, 6) is -0.544. The van der Waals surface area contributed by atoms with E-state index in [1.165, 1.54) is 0 Å². The summed E-state index contributed by atoms with van der Waals surface area (Å²) in [5, 5.41) is 40.4. The molecule has 0 saturated carbocycles. The average Bonchev–Trinajstić information content (AvgIpc) is 2.35. The van der Waals surface area contributed by atoms with Crippen LogP contribution in [0.5, 0.6) is 0 Å². The molecule has 8 nitrogen and oxygen atoms in total. The third kappa shape index (κ3) is 2.63. The van der Waals surface area contributed by atoms with E-state index < -0.39 is 42.7 Å². The molecule has 6 atom stereocenters. The van der Waals surface area contributed by atoms with Gasteiger partial charge in [-0.1, -0.05) is 0 Å². The van der Waals surface area contributed by atoms with Gasteiger partial charge in [0.1, 0.15) is 18.3 Å². The van der Waals surface area contributed by atoms with Crippen molar-refractivity contribution in [1.82, 2.24) is 5.32 Å². The molecule has 2 saturated heterocycles. The largest absolute Gasteiger partial charge is 0.388 e. The Bertz CT molecular complexity index is 313. The quantitative estimate of drug-likeness (QED) is 0.353. The number of rotatable bonds is 2. The van der Waals surface area contributed by atoms with E-state index in [0.29, 0.717) is 13.0 Å². The van der Waals surface area contributed by atoms with Gasteiger partial charge < -0.3 is 35.2 Å². The van der Waals surface area contributed by atoms with Crippen LogP contribution in [0.1, 0.15) is 6.42 Å². The molecule has 104 valence electrons. The summed E-state index contributed by atoms with van der Waals surface area (Å²) in [5.41, 5.74) is 0. The second-order valence-electron chi connectivity index (χ2n) is 4.45. The minimum absolute atomic E-state index is 0.183. The van der Waals surface area contributed by atoms with Gasteiger partial charge in [-0.05, 0) is 6.42 Å². The topological polar surface area (TPSA) is 128 Å². The third-order valence-corrected chi connectivity index (χ3v) is 3.11. The smallest absolute Gasteiger partial charge is 0.251 e. The van der Waals surface area contributed by atoms with Crippen molar-refractivity contribution in [3.63, 3.8) is 0 Å². The molecule has 5 N–H and O–H groups in total. The number of amides is 1. The Balaban J connectivity index is 1.94. The van der Waals surface area contributed by atoms with E-state index in [0.717, 1.165) is 0 Å². The predicted octanol–water partition coefficient (Wildman–Crippen LogP) is -3.31. The lowest BCUT2D eigenvalue weighted by Gasteiger charge is -2.38. The molecular weight excluding hydrogens is 246 g/mol. The zero-order valence-corrected chi connectivity index (χ0v) is 9.60. The standard InChI is InChI=1S/C10H17NO7/c12-4-3-17-10(8(15)6(4)13)18-5-1-2-11-9(16)7(5)14/h4-8,10,12-15H,1-3H2,(H,11,16)/t4-,5-,6+,7+,8?,10+/m1/s1. The predicted molar refractivity (Wildman–Crippen MR) is 56.3 cm³/mol. The number of ether oxygens (including phenoxy) is 2. The van der Waals surface area contributed by atoms with E-state index in [-0.39, 0.29) is 6.61 Å². The molecule has 0 spiro atoms. The first kappa shape index (κ1) is 13.7. The van der Waals surface area contributed by atoms with Crippen LogP contribution in [0.2, 0.25) is 0 Å². The lowest BCUT2D eigenvalue weighted by atomic mass is 10.0. The number of nitrogens with one attached hydrogen (secondary N) is 1. The van der Waals surface area contributed by atoms with Crippen molar-refractivity contribution in [3.8, 4) is 0 Å². The Labute approximate surface area is 103 Å². The lowest BCUT2D eigenvalue weighted by Crippen LogP contribution is -2.57. The van der Waals surface area contributed by atoms with Crippen LogP contribution < -0.4 is 5.32 Å². The summed E-state index contributed by atoms with van der Waals surface area (Å²) in [6.45, 7) is 0.173. The van der Waals surface area contributed by atoms with E-state index in [4.69, 9.17) is 9.47 Å². The van der Waals surface area contributed by atoms with Gasteiger partial charge in [0.25, 0.3) is 5.91 Å². The van der Waals surface area contributed by atoms with Crippen LogP contribution >= 0.6 is 0 Å². The Kier molecular flexibility index (Phi) is 4.15. The number of hydrogen-bond acceptors (Lipinski definition) is 7. The summed E-state index contributed by atoms with van der Waals surface area (Å²) in [4.78, 5) is 11.2. The maximum Gasteiger partial charge on any atom is 0.251 e. The lowest BCUT2D eigenvalue weighted by molar-refractivity contribution is -0.290. The molecule has 1 unspecified atom stereocenters. The van der Waals surface area contributed by atoms with Crippen molar-refractivity contribution in [2.45, 2.75) is 43.2 Å². The van der Waals surface area contributed by atoms with Crippen molar-refractivity contribution in [1.29, 1.82) is 0 Å². The molecule has 18 heavy (non-hydrogen) atoms. The van der Waals surface area contributed by atoms with E-state index in [1.54, 1.807) is 0 Å². The van der Waals surface area contributed by atoms with Crippen LogP contribution in [-0.2, 0) is 14.3 Å². The van der Waals surface area contributed by atoms with Gasteiger partial charge in [-0.3, -0.25) is 4.79 Å². The molecule has 2 aliphatic heterocycles. The monoisotopic (exact) mass is 263 g/mol. The minimum Gasteiger partial charge on any atom is -0.388 e. The second kappa shape index (κ2) is 5.47. The molecular formula is C10H17NO7. The van der Waals surface area contributed by atoms with Crippen molar-refractivity contribution in [3.05, 3.63) is 0 Å². The van der Waals surface area contributed by atoms with Crippen LogP contribution in [0.25, 0.3) is 0 Å². The van der Waals surface area contributed by atoms with Crippen LogP contribution in [0.15, 0.2) is 0 Å². The maximum atomic E-state index is 11.2. The van der Waals surface area contributed by atoms with E-state index in [1.807, 2.05) is 0 Å². The summed E-state index contributed by atoms with van der Waals surface area (Å²) in [6, 6.07) is 0. The minimum atomic E-state index is -1.43. The van der Waals surface area contributed by atoms with Gasteiger partial charge in [0.15, 0.2) is 12.4 Å². The highest BCUT2D eigenvalue weighted by molar-refractivity contribution is 5.81. The summed E-state index contributed by atoms with van der Waals surface area (Å²) in [7, 11) is 0. The first-order valence-corrected chi connectivity index (χ1v) is 5.77. The van der Waals surface area contributed by atoms with Gasteiger partial charge in [-0.25, -0.2) is 0 Å². The summed E-state index contributed by atoms with van der Waals surface area (Å²) < 4.78 is 10.3. The highest BCUT2D eigenvalue weighted by Crippen LogP contribution is 2.21. The van der Waals surface area contributed by atoms with Gasteiger partial charge >= 0.3 is 0 Å². The Morgan fingerprint density at radius 3 is 2.67 bits per heavy atom. The van der Waals surface area contributed by atoms with E-state index in [2.05, 4.69) is 5.32 Å². The van der Waals surface area contributed by atoms with Gasteiger partial charge in [-0.15, -0.1) is 0 Å². The number of carbonyl (C=O) groups excluding carboxylic acids is 1. The first-order chi connectivity index (χ1) is 8.50. The van der Waals surface area contributed by atoms with Gasteiger partial charge in [0, 0.05) is 6.54 Å². The van der Waals surface area contributed by atoms with Crippen LogP contribution in [0.3, 0.4) is 0 Å². The number of piperidine rings is 1. The van der Waals surface area contributed by atoms with Crippen molar-refractivity contribution < 1.29 is 34.7 Å². The molecule has 2 heterocycles. The zero-order valence-electron chi connectivity index (χ0n) is 9.60.